The predicted octanol–water partition coefficient (Wildman–Crippen LogP) is 1.72. The Morgan fingerprint density at radius 2 is 2.28 bits per heavy atom. The maximum Gasteiger partial charge on any atom is 0.254 e. The summed E-state index contributed by atoms with van der Waals surface area (Å²) in [7, 11) is 1.59. The Balaban J connectivity index is 2.83. The minimum atomic E-state index is -0.296. The number of rotatable bonds is 5. The molecule has 0 spiro atoms. The zero-order valence-electron chi connectivity index (χ0n) is 10.7. The van der Waals surface area contributed by atoms with E-state index in [9.17, 15) is 4.79 Å². The zero-order valence-corrected chi connectivity index (χ0v) is 11.5. The zero-order chi connectivity index (χ0) is 13.7. The molecular weight excluding hydrogens is 254 g/mol. The van der Waals surface area contributed by atoms with Crippen molar-refractivity contribution in [2.24, 2.45) is 5.92 Å². The smallest absolute Gasteiger partial charge is 0.254 e. The van der Waals surface area contributed by atoms with E-state index in [1.165, 1.54) is 12.3 Å². The summed E-state index contributed by atoms with van der Waals surface area (Å²) in [6.07, 6.45) is 1.41. The SMILES string of the molecule is COCC(NC(=O)c1cc(N)cnc1Cl)C(C)C. The third-order valence-corrected chi connectivity index (χ3v) is 2.87. The summed E-state index contributed by atoms with van der Waals surface area (Å²) < 4.78 is 5.07. The van der Waals surface area contributed by atoms with Crippen LogP contribution in [0.5, 0.6) is 0 Å². The van der Waals surface area contributed by atoms with Gasteiger partial charge in [-0.25, -0.2) is 4.98 Å². The fourth-order valence-electron chi connectivity index (χ4n) is 1.45. The molecule has 0 saturated heterocycles. The Hall–Kier alpha value is -1.33. The molecule has 0 radical (unpaired) electrons. The van der Waals surface area contributed by atoms with Crippen molar-refractivity contribution in [3.8, 4) is 0 Å². The van der Waals surface area contributed by atoms with Crippen LogP contribution in [-0.4, -0.2) is 30.6 Å². The first-order chi connectivity index (χ1) is 8.45. The van der Waals surface area contributed by atoms with Gasteiger partial charge in [-0.2, -0.15) is 0 Å². The number of amides is 1. The van der Waals surface area contributed by atoms with Gasteiger partial charge < -0.3 is 15.8 Å². The number of hydrogen-bond donors (Lipinski definition) is 2. The standard InChI is InChI=1S/C12H18ClN3O2/c1-7(2)10(6-18-3)16-12(17)9-4-8(14)5-15-11(9)13/h4-5,7,10H,6,14H2,1-3H3,(H,16,17). The van der Waals surface area contributed by atoms with E-state index >= 15 is 0 Å². The van der Waals surface area contributed by atoms with Crippen LogP contribution in [0.3, 0.4) is 0 Å². The Labute approximate surface area is 112 Å². The van der Waals surface area contributed by atoms with E-state index in [4.69, 9.17) is 22.1 Å². The second-order valence-corrected chi connectivity index (χ2v) is 4.74. The molecular formula is C12H18ClN3O2. The van der Waals surface area contributed by atoms with Gasteiger partial charge in [-0.3, -0.25) is 4.79 Å². The summed E-state index contributed by atoms with van der Waals surface area (Å²) >= 11 is 5.87. The molecule has 3 N–H and O–H groups in total. The molecule has 100 valence electrons. The largest absolute Gasteiger partial charge is 0.397 e. The van der Waals surface area contributed by atoms with Crippen LogP contribution in [0.4, 0.5) is 5.69 Å². The van der Waals surface area contributed by atoms with E-state index in [1.54, 1.807) is 7.11 Å². The molecule has 5 nitrogen and oxygen atoms in total. The lowest BCUT2D eigenvalue weighted by atomic mass is 10.0. The van der Waals surface area contributed by atoms with Crippen molar-refractivity contribution in [2.75, 3.05) is 19.5 Å². The summed E-state index contributed by atoms with van der Waals surface area (Å²) in [6.45, 7) is 4.45. The Bertz CT molecular complexity index is 424. The Morgan fingerprint density at radius 3 is 2.83 bits per heavy atom. The maximum absolute atomic E-state index is 12.1. The van der Waals surface area contributed by atoms with Crippen LogP contribution in [0.1, 0.15) is 24.2 Å². The van der Waals surface area contributed by atoms with Crippen molar-refractivity contribution < 1.29 is 9.53 Å². The minimum Gasteiger partial charge on any atom is -0.397 e. The number of pyridine rings is 1. The molecule has 1 aromatic rings. The quantitative estimate of drug-likeness (QED) is 0.800. The number of halogens is 1. The van der Waals surface area contributed by atoms with Gasteiger partial charge in [0.2, 0.25) is 0 Å². The van der Waals surface area contributed by atoms with Gasteiger partial charge in [0.1, 0.15) is 5.15 Å². The minimum absolute atomic E-state index is 0.0833. The first kappa shape index (κ1) is 14.7. The van der Waals surface area contributed by atoms with Crippen LogP contribution in [0.25, 0.3) is 0 Å². The second kappa shape index (κ2) is 6.56. The number of hydrogen-bond acceptors (Lipinski definition) is 4. The van der Waals surface area contributed by atoms with E-state index in [2.05, 4.69) is 10.3 Å². The molecule has 1 atom stereocenters. The molecule has 6 heteroatoms. The van der Waals surface area contributed by atoms with Crippen molar-refractivity contribution in [1.82, 2.24) is 10.3 Å². The van der Waals surface area contributed by atoms with Gasteiger partial charge in [-0.15, -0.1) is 0 Å². The fourth-order valence-corrected chi connectivity index (χ4v) is 1.64. The van der Waals surface area contributed by atoms with Crippen molar-refractivity contribution >= 4 is 23.2 Å². The molecule has 0 saturated carbocycles. The van der Waals surface area contributed by atoms with Gasteiger partial charge in [0.05, 0.1) is 30.1 Å². The molecule has 0 fully saturated rings. The van der Waals surface area contributed by atoms with Crippen molar-refractivity contribution in [1.29, 1.82) is 0 Å². The molecule has 1 unspecified atom stereocenters. The topological polar surface area (TPSA) is 77.2 Å². The van der Waals surface area contributed by atoms with Gasteiger partial charge in [0.25, 0.3) is 5.91 Å². The predicted molar refractivity (Wildman–Crippen MR) is 71.6 cm³/mol. The monoisotopic (exact) mass is 271 g/mol. The van der Waals surface area contributed by atoms with Crippen LogP contribution < -0.4 is 11.1 Å². The lowest BCUT2D eigenvalue weighted by Gasteiger charge is -2.21. The van der Waals surface area contributed by atoms with E-state index in [0.717, 1.165) is 0 Å². The summed E-state index contributed by atoms with van der Waals surface area (Å²) in [4.78, 5) is 15.9. The number of nitrogens with two attached hydrogens (primary N) is 1. The summed E-state index contributed by atoms with van der Waals surface area (Å²) in [5, 5.41) is 3.00. The fraction of sp³-hybridized carbons (Fsp3) is 0.500. The molecule has 1 aromatic heterocycles. The van der Waals surface area contributed by atoms with Crippen LogP contribution in [-0.2, 0) is 4.74 Å². The Morgan fingerprint density at radius 1 is 1.61 bits per heavy atom. The second-order valence-electron chi connectivity index (χ2n) is 4.39. The highest BCUT2D eigenvalue weighted by atomic mass is 35.5. The molecule has 1 amide bonds. The first-order valence-corrected chi connectivity index (χ1v) is 6.04. The maximum atomic E-state index is 12.1. The van der Waals surface area contributed by atoms with Gasteiger partial charge in [-0.1, -0.05) is 25.4 Å². The number of carbonyl (C=O) groups is 1. The Kier molecular flexibility index (Phi) is 5.37. The highest BCUT2D eigenvalue weighted by Crippen LogP contribution is 2.16. The summed E-state index contributed by atoms with van der Waals surface area (Å²) in [6, 6.07) is 1.43. The third-order valence-electron chi connectivity index (χ3n) is 2.57. The molecule has 1 heterocycles. The molecule has 0 aliphatic heterocycles. The van der Waals surface area contributed by atoms with Crippen molar-refractivity contribution in [3.63, 3.8) is 0 Å². The number of nitrogen functional groups attached to an aromatic ring is 1. The molecule has 0 aromatic carbocycles. The van der Waals surface area contributed by atoms with E-state index < -0.39 is 0 Å². The number of nitrogens with zero attached hydrogens (tertiary/aromatic N) is 1. The number of aromatic nitrogens is 1. The van der Waals surface area contributed by atoms with E-state index in [1.807, 2.05) is 13.8 Å². The van der Waals surface area contributed by atoms with Crippen LogP contribution in [0.2, 0.25) is 5.15 Å². The van der Waals surface area contributed by atoms with Gasteiger partial charge in [0.15, 0.2) is 0 Å². The molecule has 0 aliphatic rings. The number of methoxy groups -OCH3 is 1. The number of ether oxygens (including phenoxy) is 1. The lowest BCUT2D eigenvalue weighted by molar-refractivity contribution is 0.0866. The molecule has 18 heavy (non-hydrogen) atoms. The summed E-state index contributed by atoms with van der Waals surface area (Å²) in [5.74, 6) is -0.0442. The first-order valence-electron chi connectivity index (χ1n) is 5.66. The average Bonchev–Trinajstić information content (AvgIpc) is 2.31. The highest BCUT2D eigenvalue weighted by molar-refractivity contribution is 6.32. The van der Waals surface area contributed by atoms with Crippen molar-refractivity contribution in [3.05, 3.63) is 23.0 Å². The normalized spacial score (nSPS) is 12.5. The number of carbonyl (C=O) groups excluding carboxylic acids is 1. The third kappa shape index (κ3) is 3.85. The van der Waals surface area contributed by atoms with Gasteiger partial charge in [0, 0.05) is 7.11 Å². The van der Waals surface area contributed by atoms with Crippen molar-refractivity contribution in [2.45, 2.75) is 19.9 Å². The van der Waals surface area contributed by atoms with Gasteiger partial charge >= 0.3 is 0 Å². The molecule has 1 rings (SSSR count). The van der Waals surface area contributed by atoms with Crippen LogP contribution >= 0.6 is 11.6 Å². The average molecular weight is 272 g/mol. The molecule has 0 bridgehead atoms. The van der Waals surface area contributed by atoms with Crippen LogP contribution in [0.15, 0.2) is 12.3 Å². The highest BCUT2D eigenvalue weighted by Gasteiger charge is 2.19. The summed E-state index contributed by atoms with van der Waals surface area (Å²) in [5.41, 5.74) is 6.27. The van der Waals surface area contributed by atoms with Gasteiger partial charge in [-0.05, 0) is 12.0 Å². The van der Waals surface area contributed by atoms with E-state index in [0.29, 0.717) is 12.3 Å². The number of nitrogens with one attached hydrogen (secondary N) is 1. The molecule has 0 aliphatic carbocycles. The van der Waals surface area contributed by atoms with Crippen LogP contribution in [0, 0.1) is 5.92 Å². The van der Waals surface area contributed by atoms with E-state index in [-0.39, 0.29) is 28.6 Å². The number of anilines is 1. The lowest BCUT2D eigenvalue weighted by Crippen LogP contribution is -2.41.